The highest BCUT2D eigenvalue weighted by molar-refractivity contribution is 7.89. The van der Waals surface area contributed by atoms with Gasteiger partial charge in [-0.3, -0.25) is 9.78 Å². The number of aryl methyl sites for hydroxylation is 1. The van der Waals surface area contributed by atoms with Crippen LogP contribution < -0.4 is 10.5 Å². The first kappa shape index (κ1) is 20.6. The van der Waals surface area contributed by atoms with E-state index in [1.54, 1.807) is 30.6 Å². The number of nitrogens with zero attached hydrogens (tertiary/aromatic N) is 2. The Morgan fingerprint density at radius 1 is 1.03 bits per heavy atom. The van der Waals surface area contributed by atoms with E-state index in [4.69, 9.17) is 5.14 Å². The smallest absolute Gasteiger partial charge is 0.256 e. The lowest BCUT2D eigenvalue weighted by Crippen LogP contribution is -2.17. The molecule has 4 rings (SSSR count). The summed E-state index contributed by atoms with van der Waals surface area (Å²) in [5, 5.41) is 8.83. The Labute approximate surface area is 180 Å². The fraction of sp³-hybridized carbons (Fsp3) is 0.0870. The quantitative estimate of drug-likeness (QED) is 0.498. The summed E-state index contributed by atoms with van der Waals surface area (Å²) in [6.07, 6.45) is 3.83. The Hall–Kier alpha value is -3.62. The summed E-state index contributed by atoms with van der Waals surface area (Å²) in [6, 6.07) is 17.4. The predicted octanol–water partition coefficient (Wildman–Crippen LogP) is 3.76. The van der Waals surface area contributed by atoms with Crippen LogP contribution >= 0.6 is 0 Å². The minimum Gasteiger partial charge on any atom is -0.322 e. The number of pyridine rings is 2. The largest absolute Gasteiger partial charge is 0.322 e. The number of carbonyl (C=O) groups excluding carboxylic acids is 1. The average Bonchev–Trinajstić information content (AvgIpc) is 2.78. The number of hydrogen-bond acceptors (Lipinski definition) is 5. The monoisotopic (exact) mass is 432 g/mol. The number of aromatic nitrogens is 2. The van der Waals surface area contributed by atoms with E-state index in [2.05, 4.69) is 15.3 Å². The zero-order valence-electron chi connectivity index (χ0n) is 16.7. The standard InChI is InChI=1S/C23H20N4O3S/c1-2-15-7-8-17(13-22(15)31(24,29)30)26-23(28)19-14-21(16-9-11-25-12-10-16)27-20-6-4-3-5-18(19)20/h3-14H,2H2,1H3,(H,26,28)(H2,24,29,30). The summed E-state index contributed by atoms with van der Waals surface area (Å²) in [6.45, 7) is 1.84. The molecule has 1 amide bonds. The van der Waals surface area contributed by atoms with Gasteiger partial charge in [0.1, 0.15) is 0 Å². The molecule has 0 spiro atoms. The molecular weight excluding hydrogens is 412 g/mol. The molecule has 0 saturated heterocycles. The molecule has 0 saturated carbocycles. The first-order valence-corrected chi connectivity index (χ1v) is 11.2. The number of rotatable bonds is 5. The lowest BCUT2D eigenvalue weighted by molar-refractivity contribution is 0.102. The number of fused-ring (bicyclic) bond motifs is 1. The third-order valence-corrected chi connectivity index (χ3v) is 5.94. The van der Waals surface area contributed by atoms with Gasteiger partial charge in [-0.15, -0.1) is 0 Å². The molecule has 7 nitrogen and oxygen atoms in total. The van der Waals surface area contributed by atoms with Gasteiger partial charge in [0.15, 0.2) is 0 Å². The molecule has 8 heteroatoms. The van der Waals surface area contributed by atoms with Crippen molar-refractivity contribution in [3.05, 3.63) is 84.2 Å². The number of hydrogen-bond donors (Lipinski definition) is 2. The van der Waals surface area contributed by atoms with E-state index in [1.165, 1.54) is 6.07 Å². The number of benzene rings is 2. The molecule has 0 atom stereocenters. The van der Waals surface area contributed by atoms with E-state index in [0.29, 0.717) is 39.8 Å². The predicted molar refractivity (Wildman–Crippen MR) is 120 cm³/mol. The van der Waals surface area contributed by atoms with Crippen molar-refractivity contribution in [3.63, 3.8) is 0 Å². The van der Waals surface area contributed by atoms with Crippen molar-refractivity contribution >= 4 is 32.5 Å². The Bertz CT molecular complexity index is 1390. The number of anilines is 1. The Kier molecular flexibility index (Phi) is 5.50. The van der Waals surface area contributed by atoms with Crippen LogP contribution in [0.1, 0.15) is 22.8 Å². The molecule has 2 aromatic carbocycles. The fourth-order valence-electron chi connectivity index (χ4n) is 3.42. The lowest BCUT2D eigenvalue weighted by Gasteiger charge is -2.12. The highest BCUT2D eigenvalue weighted by atomic mass is 32.2. The minimum absolute atomic E-state index is 0.00450. The van der Waals surface area contributed by atoms with Crippen molar-refractivity contribution in [2.45, 2.75) is 18.2 Å². The Balaban J connectivity index is 1.78. The van der Waals surface area contributed by atoms with Gasteiger partial charge in [0.2, 0.25) is 10.0 Å². The van der Waals surface area contributed by atoms with Crippen molar-refractivity contribution in [1.29, 1.82) is 0 Å². The maximum Gasteiger partial charge on any atom is 0.256 e. The summed E-state index contributed by atoms with van der Waals surface area (Å²) >= 11 is 0. The summed E-state index contributed by atoms with van der Waals surface area (Å²) in [5.41, 5.74) is 3.51. The van der Waals surface area contributed by atoms with Gasteiger partial charge < -0.3 is 5.32 Å². The Morgan fingerprint density at radius 3 is 2.48 bits per heavy atom. The van der Waals surface area contributed by atoms with Crippen molar-refractivity contribution in [2.24, 2.45) is 5.14 Å². The topological polar surface area (TPSA) is 115 Å². The lowest BCUT2D eigenvalue weighted by atomic mass is 10.0. The minimum atomic E-state index is -3.91. The molecule has 0 aliphatic carbocycles. The van der Waals surface area contributed by atoms with Crippen LogP contribution in [0.15, 0.2) is 78.0 Å². The highest BCUT2D eigenvalue weighted by Crippen LogP contribution is 2.26. The van der Waals surface area contributed by atoms with Gasteiger partial charge in [-0.25, -0.2) is 18.5 Å². The van der Waals surface area contributed by atoms with Crippen LogP contribution in [0.5, 0.6) is 0 Å². The number of carbonyl (C=O) groups is 1. The summed E-state index contributed by atoms with van der Waals surface area (Å²) < 4.78 is 23.9. The van der Waals surface area contributed by atoms with E-state index in [1.807, 2.05) is 43.3 Å². The number of nitrogens with two attached hydrogens (primary N) is 1. The first-order chi connectivity index (χ1) is 14.9. The summed E-state index contributed by atoms with van der Waals surface area (Å²) in [4.78, 5) is 21.9. The summed E-state index contributed by atoms with van der Waals surface area (Å²) in [7, 11) is -3.91. The van der Waals surface area contributed by atoms with Gasteiger partial charge in [0, 0.05) is 29.0 Å². The van der Waals surface area contributed by atoms with E-state index in [9.17, 15) is 13.2 Å². The normalized spacial score (nSPS) is 11.4. The second-order valence-electron chi connectivity index (χ2n) is 6.98. The SMILES string of the molecule is CCc1ccc(NC(=O)c2cc(-c3ccncc3)nc3ccccc23)cc1S(N)(=O)=O. The Morgan fingerprint density at radius 2 is 1.77 bits per heavy atom. The average molecular weight is 433 g/mol. The zero-order valence-corrected chi connectivity index (χ0v) is 17.6. The molecule has 156 valence electrons. The van der Waals surface area contributed by atoms with Crippen LogP contribution in [0.3, 0.4) is 0 Å². The fourth-order valence-corrected chi connectivity index (χ4v) is 4.29. The van der Waals surface area contributed by atoms with Crippen molar-refractivity contribution < 1.29 is 13.2 Å². The van der Waals surface area contributed by atoms with Gasteiger partial charge in [-0.2, -0.15) is 0 Å². The van der Waals surface area contributed by atoms with E-state index >= 15 is 0 Å². The van der Waals surface area contributed by atoms with Crippen LogP contribution in [0, 0.1) is 0 Å². The van der Waals surface area contributed by atoms with Gasteiger partial charge in [0.05, 0.1) is 21.7 Å². The molecule has 0 aliphatic rings. The van der Waals surface area contributed by atoms with Gasteiger partial charge in [-0.1, -0.05) is 31.2 Å². The van der Waals surface area contributed by atoms with E-state index in [0.717, 1.165) is 5.56 Å². The van der Waals surface area contributed by atoms with Gasteiger partial charge >= 0.3 is 0 Å². The van der Waals surface area contributed by atoms with Crippen LogP contribution in [0.4, 0.5) is 5.69 Å². The number of nitrogens with one attached hydrogen (secondary N) is 1. The van der Waals surface area contributed by atoms with Gasteiger partial charge in [-0.05, 0) is 48.4 Å². The molecule has 0 radical (unpaired) electrons. The number of sulfonamides is 1. The van der Waals surface area contributed by atoms with Crippen molar-refractivity contribution in [3.8, 4) is 11.3 Å². The van der Waals surface area contributed by atoms with E-state index in [-0.39, 0.29) is 10.8 Å². The molecule has 0 unspecified atom stereocenters. The second kappa shape index (κ2) is 8.25. The van der Waals surface area contributed by atoms with Crippen molar-refractivity contribution in [1.82, 2.24) is 9.97 Å². The third kappa shape index (κ3) is 4.30. The van der Waals surface area contributed by atoms with Crippen LogP contribution in [0.2, 0.25) is 0 Å². The highest BCUT2D eigenvalue weighted by Gasteiger charge is 2.17. The molecule has 31 heavy (non-hydrogen) atoms. The molecule has 0 fully saturated rings. The summed E-state index contributed by atoms with van der Waals surface area (Å²) in [5.74, 6) is -0.376. The number of amides is 1. The number of primary sulfonamides is 1. The van der Waals surface area contributed by atoms with Crippen LogP contribution in [0.25, 0.3) is 22.2 Å². The molecular formula is C23H20N4O3S. The third-order valence-electron chi connectivity index (χ3n) is 4.95. The number of para-hydroxylation sites is 1. The molecule has 0 aliphatic heterocycles. The molecule has 3 N–H and O–H groups in total. The molecule has 2 aromatic heterocycles. The van der Waals surface area contributed by atoms with Crippen molar-refractivity contribution in [2.75, 3.05) is 5.32 Å². The van der Waals surface area contributed by atoms with Crippen LogP contribution in [-0.2, 0) is 16.4 Å². The van der Waals surface area contributed by atoms with E-state index < -0.39 is 10.0 Å². The zero-order chi connectivity index (χ0) is 22.0. The van der Waals surface area contributed by atoms with Gasteiger partial charge in [0.25, 0.3) is 5.91 Å². The molecule has 4 aromatic rings. The maximum atomic E-state index is 13.2. The van der Waals surface area contributed by atoms with Crippen LogP contribution in [-0.4, -0.2) is 24.3 Å². The molecule has 0 bridgehead atoms. The maximum absolute atomic E-state index is 13.2. The second-order valence-corrected chi connectivity index (χ2v) is 8.51. The molecule has 2 heterocycles. The first-order valence-electron chi connectivity index (χ1n) is 9.64.